The van der Waals surface area contributed by atoms with Crippen molar-refractivity contribution in [3.63, 3.8) is 0 Å². The molecule has 118 valence electrons. The number of fused-ring (bicyclic) bond motifs is 1. The molecule has 0 radical (unpaired) electrons. The fourth-order valence-corrected chi connectivity index (χ4v) is 3.28. The minimum atomic E-state index is -0.152. The Labute approximate surface area is 131 Å². The van der Waals surface area contributed by atoms with Crippen molar-refractivity contribution in [3.8, 4) is 0 Å². The minimum Gasteiger partial charge on any atom is -0.352 e. The van der Waals surface area contributed by atoms with Crippen LogP contribution in [0, 0.1) is 0 Å². The van der Waals surface area contributed by atoms with E-state index in [-0.39, 0.29) is 23.9 Å². The van der Waals surface area contributed by atoms with Crippen molar-refractivity contribution in [1.82, 2.24) is 15.5 Å². The highest BCUT2D eigenvalue weighted by Crippen LogP contribution is 2.17. The zero-order chi connectivity index (χ0) is 15.5. The molecule has 1 fully saturated rings. The van der Waals surface area contributed by atoms with E-state index in [1.165, 1.54) is 11.1 Å². The van der Waals surface area contributed by atoms with Crippen LogP contribution in [0.15, 0.2) is 24.3 Å². The van der Waals surface area contributed by atoms with Gasteiger partial charge in [-0.2, -0.15) is 0 Å². The van der Waals surface area contributed by atoms with E-state index in [0.29, 0.717) is 0 Å². The average molecular weight is 301 g/mol. The van der Waals surface area contributed by atoms with E-state index in [4.69, 9.17) is 0 Å². The first kappa shape index (κ1) is 15.0. The van der Waals surface area contributed by atoms with Crippen LogP contribution in [0.25, 0.3) is 0 Å². The Kier molecular flexibility index (Phi) is 4.43. The average Bonchev–Trinajstić information content (AvgIpc) is 2.55. The summed E-state index contributed by atoms with van der Waals surface area (Å²) in [6, 6.07) is 8.29. The van der Waals surface area contributed by atoms with Crippen molar-refractivity contribution in [2.45, 2.75) is 44.8 Å². The Morgan fingerprint density at radius 3 is 2.55 bits per heavy atom. The van der Waals surface area contributed by atoms with E-state index in [0.717, 1.165) is 38.9 Å². The molecule has 22 heavy (non-hydrogen) atoms. The number of nitrogens with one attached hydrogen (secondary N) is 2. The molecule has 0 saturated carbocycles. The summed E-state index contributed by atoms with van der Waals surface area (Å²) in [5, 5.41) is 6.45. The Hall–Kier alpha value is -1.88. The third-order valence-electron chi connectivity index (χ3n) is 4.68. The molecule has 0 aromatic heterocycles. The van der Waals surface area contributed by atoms with Crippen LogP contribution in [0.3, 0.4) is 0 Å². The van der Waals surface area contributed by atoms with Crippen LogP contribution in [0.1, 0.15) is 30.9 Å². The second kappa shape index (κ2) is 6.48. The lowest BCUT2D eigenvalue weighted by Gasteiger charge is -2.33. The van der Waals surface area contributed by atoms with Crippen molar-refractivity contribution in [1.29, 1.82) is 0 Å². The third kappa shape index (κ3) is 3.30. The minimum absolute atomic E-state index is 0.0794. The summed E-state index contributed by atoms with van der Waals surface area (Å²) in [5.74, 6) is 0.200. The standard InChI is InChI=1S/C17H23N3O2/c1-12(21)20-8-6-15(7-9-20)19-17(22)16-10-13-4-2-3-5-14(13)11-18-16/h2-5,15-16,18H,6-11H2,1H3,(H,19,22)/t16-/m0/s1. The highest BCUT2D eigenvalue weighted by atomic mass is 16.2. The number of hydrogen-bond acceptors (Lipinski definition) is 3. The monoisotopic (exact) mass is 301 g/mol. The lowest BCUT2D eigenvalue weighted by atomic mass is 9.95. The molecule has 0 aliphatic carbocycles. The zero-order valence-corrected chi connectivity index (χ0v) is 13.0. The summed E-state index contributed by atoms with van der Waals surface area (Å²) in [6.45, 7) is 3.82. The van der Waals surface area contributed by atoms with Crippen LogP contribution in [-0.4, -0.2) is 41.9 Å². The van der Waals surface area contributed by atoms with Gasteiger partial charge >= 0.3 is 0 Å². The zero-order valence-electron chi connectivity index (χ0n) is 13.0. The second-order valence-electron chi connectivity index (χ2n) is 6.20. The lowest BCUT2D eigenvalue weighted by Crippen LogP contribution is -2.53. The van der Waals surface area contributed by atoms with Gasteiger partial charge in [0.25, 0.3) is 0 Å². The number of carbonyl (C=O) groups excluding carboxylic acids is 2. The molecular formula is C17H23N3O2. The van der Waals surface area contributed by atoms with Crippen LogP contribution < -0.4 is 10.6 Å². The van der Waals surface area contributed by atoms with Gasteiger partial charge in [0.1, 0.15) is 0 Å². The molecule has 5 nitrogen and oxygen atoms in total. The molecule has 1 saturated heterocycles. The fraction of sp³-hybridized carbons (Fsp3) is 0.529. The van der Waals surface area contributed by atoms with Crippen molar-refractivity contribution in [2.24, 2.45) is 0 Å². The predicted molar refractivity (Wildman–Crippen MR) is 84.2 cm³/mol. The molecular weight excluding hydrogens is 278 g/mol. The number of amides is 2. The molecule has 1 atom stereocenters. The van der Waals surface area contributed by atoms with Crippen molar-refractivity contribution in [3.05, 3.63) is 35.4 Å². The molecule has 2 aliphatic heterocycles. The molecule has 0 spiro atoms. The molecule has 0 bridgehead atoms. The molecule has 2 heterocycles. The first-order valence-electron chi connectivity index (χ1n) is 7.99. The topological polar surface area (TPSA) is 61.4 Å². The van der Waals surface area contributed by atoms with Gasteiger partial charge in [0.15, 0.2) is 0 Å². The van der Waals surface area contributed by atoms with Gasteiger partial charge in [-0.3, -0.25) is 9.59 Å². The Morgan fingerprint density at radius 1 is 1.18 bits per heavy atom. The van der Waals surface area contributed by atoms with Crippen molar-refractivity contribution in [2.75, 3.05) is 13.1 Å². The highest BCUT2D eigenvalue weighted by Gasteiger charge is 2.27. The molecule has 2 N–H and O–H groups in total. The fourth-order valence-electron chi connectivity index (χ4n) is 3.28. The number of carbonyl (C=O) groups is 2. The van der Waals surface area contributed by atoms with Crippen LogP contribution in [0.2, 0.25) is 0 Å². The first-order valence-corrected chi connectivity index (χ1v) is 7.99. The predicted octanol–water partition coefficient (Wildman–Crippen LogP) is 0.828. The molecule has 3 rings (SSSR count). The summed E-state index contributed by atoms with van der Waals surface area (Å²) in [7, 11) is 0. The van der Waals surface area contributed by atoms with Crippen LogP contribution >= 0.6 is 0 Å². The SMILES string of the molecule is CC(=O)N1CCC(NC(=O)[C@@H]2Cc3ccccc3CN2)CC1. The van der Waals surface area contributed by atoms with Gasteiger partial charge in [-0.25, -0.2) is 0 Å². The molecule has 1 aromatic rings. The number of benzene rings is 1. The van der Waals surface area contributed by atoms with E-state index in [2.05, 4.69) is 22.8 Å². The van der Waals surface area contributed by atoms with E-state index in [1.54, 1.807) is 6.92 Å². The number of likely N-dealkylation sites (tertiary alicyclic amines) is 1. The van der Waals surface area contributed by atoms with Gasteiger partial charge in [0.2, 0.25) is 11.8 Å². The van der Waals surface area contributed by atoms with Crippen molar-refractivity contribution < 1.29 is 9.59 Å². The maximum absolute atomic E-state index is 12.4. The molecule has 0 unspecified atom stereocenters. The molecule has 1 aromatic carbocycles. The van der Waals surface area contributed by atoms with Gasteiger partial charge in [-0.15, -0.1) is 0 Å². The Balaban J connectivity index is 1.52. The number of piperidine rings is 1. The van der Waals surface area contributed by atoms with E-state index < -0.39 is 0 Å². The Bertz CT molecular complexity index is 565. The largest absolute Gasteiger partial charge is 0.352 e. The maximum Gasteiger partial charge on any atom is 0.237 e. The number of rotatable bonds is 2. The summed E-state index contributed by atoms with van der Waals surface area (Å²) >= 11 is 0. The number of nitrogens with zero attached hydrogens (tertiary/aromatic N) is 1. The van der Waals surface area contributed by atoms with E-state index in [1.807, 2.05) is 17.0 Å². The Morgan fingerprint density at radius 2 is 1.86 bits per heavy atom. The highest BCUT2D eigenvalue weighted by molar-refractivity contribution is 5.82. The third-order valence-corrected chi connectivity index (χ3v) is 4.68. The normalized spacial score (nSPS) is 22.0. The van der Waals surface area contributed by atoms with Gasteiger partial charge in [0, 0.05) is 32.6 Å². The van der Waals surface area contributed by atoms with Gasteiger partial charge in [-0.1, -0.05) is 24.3 Å². The summed E-state index contributed by atoms with van der Waals surface area (Å²) in [6.07, 6.45) is 2.43. The van der Waals surface area contributed by atoms with E-state index >= 15 is 0 Å². The maximum atomic E-state index is 12.4. The summed E-state index contributed by atoms with van der Waals surface area (Å²) < 4.78 is 0. The van der Waals surface area contributed by atoms with Crippen LogP contribution in [0.4, 0.5) is 0 Å². The van der Waals surface area contributed by atoms with Gasteiger partial charge in [-0.05, 0) is 30.4 Å². The van der Waals surface area contributed by atoms with Crippen LogP contribution in [-0.2, 0) is 22.6 Å². The first-order chi connectivity index (χ1) is 10.6. The summed E-state index contributed by atoms with van der Waals surface area (Å²) in [5.41, 5.74) is 2.54. The van der Waals surface area contributed by atoms with Crippen LogP contribution in [0.5, 0.6) is 0 Å². The van der Waals surface area contributed by atoms with E-state index in [9.17, 15) is 9.59 Å². The quantitative estimate of drug-likeness (QED) is 0.850. The molecule has 5 heteroatoms. The molecule has 2 aliphatic rings. The van der Waals surface area contributed by atoms with Crippen molar-refractivity contribution >= 4 is 11.8 Å². The number of hydrogen-bond donors (Lipinski definition) is 2. The lowest BCUT2D eigenvalue weighted by molar-refractivity contribution is -0.130. The second-order valence-corrected chi connectivity index (χ2v) is 6.20. The molecule has 2 amide bonds. The summed E-state index contributed by atoms with van der Waals surface area (Å²) in [4.78, 5) is 25.6. The van der Waals surface area contributed by atoms with Gasteiger partial charge < -0.3 is 15.5 Å². The van der Waals surface area contributed by atoms with Gasteiger partial charge in [0.05, 0.1) is 6.04 Å². The smallest absolute Gasteiger partial charge is 0.237 e.